The van der Waals surface area contributed by atoms with Gasteiger partial charge < -0.3 is 9.52 Å². The first kappa shape index (κ1) is 10.8. The molecule has 0 aliphatic carbocycles. The third kappa shape index (κ3) is 2.28. The molecule has 0 aliphatic heterocycles. The average molecular weight is 224 g/mol. The number of aliphatic hydroxyl groups is 1. The molecular weight excluding hydrogens is 214 g/mol. The van der Waals surface area contributed by atoms with Gasteiger partial charge in [0, 0.05) is 12.5 Å². The van der Waals surface area contributed by atoms with Gasteiger partial charge in [0.25, 0.3) is 0 Å². The Morgan fingerprint density at radius 2 is 2.06 bits per heavy atom. The molecule has 1 aromatic heterocycles. The molecule has 0 bridgehead atoms. The summed E-state index contributed by atoms with van der Waals surface area (Å²) in [4.78, 5) is 0. The summed E-state index contributed by atoms with van der Waals surface area (Å²) < 4.78 is 30.9. The smallest absolute Gasteiger partial charge is 0.132 e. The van der Waals surface area contributed by atoms with Gasteiger partial charge in [-0.05, 0) is 23.8 Å². The van der Waals surface area contributed by atoms with Crippen LogP contribution in [0.3, 0.4) is 0 Å². The lowest BCUT2D eigenvalue weighted by Crippen LogP contribution is -2.02. The Morgan fingerprint density at radius 3 is 2.69 bits per heavy atom. The molecule has 2 nitrogen and oxygen atoms in total. The lowest BCUT2D eigenvalue weighted by atomic mass is 10.1. The molecule has 0 radical (unpaired) electrons. The van der Waals surface area contributed by atoms with Crippen LogP contribution in [0.15, 0.2) is 41.0 Å². The van der Waals surface area contributed by atoms with Crippen molar-refractivity contribution in [2.45, 2.75) is 12.5 Å². The molecule has 16 heavy (non-hydrogen) atoms. The Balaban J connectivity index is 2.15. The highest BCUT2D eigenvalue weighted by Crippen LogP contribution is 2.20. The van der Waals surface area contributed by atoms with Crippen molar-refractivity contribution in [1.29, 1.82) is 0 Å². The fourth-order valence-corrected chi connectivity index (χ4v) is 1.48. The van der Waals surface area contributed by atoms with Gasteiger partial charge in [0.1, 0.15) is 23.5 Å². The van der Waals surface area contributed by atoms with Crippen LogP contribution < -0.4 is 0 Å². The van der Waals surface area contributed by atoms with Crippen molar-refractivity contribution in [2.24, 2.45) is 0 Å². The molecule has 1 heterocycles. The van der Waals surface area contributed by atoms with Gasteiger partial charge in [0.15, 0.2) is 0 Å². The van der Waals surface area contributed by atoms with Crippen molar-refractivity contribution in [3.05, 3.63) is 59.6 Å². The summed E-state index contributed by atoms with van der Waals surface area (Å²) in [6.07, 6.45) is 0.564. The number of aliphatic hydroxyl groups excluding tert-OH is 1. The second-order valence-corrected chi connectivity index (χ2v) is 3.47. The zero-order valence-corrected chi connectivity index (χ0v) is 8.36. The van der Waals surface area contributed by atoms with E-state index in [0.29, 0.717) is 5.76 Å². The summed E-state index contributed by atoms with van der Waals surface area (Å²) in [7, 11) is 0. The summed E-state index contributed by atoms with van der Waals surface area (Å²) >= 11 is 0. The fourth-order valence-electron chi connectivity index (χ4n) is 1.48. The molecule has 0 saturated carbocycles. The Morgan fingerprint density at radius 1 is 1.25 bits per heavy atom. The molecule has 1 N–H and O–H groups in total. The second-order valence-electron chi connectivity index (χ2n) is 3.47. The van der Waals surface area contributed by atoms with Gasteiger partial charge >= 0.3 is 0 Å². The average Bonchev–Trinajstić information content (AvgIpc) is 2.75. The van der Waals surface area contributed by atoms with E-state index in [0.717, 1.165) is 12.1 Å². The number of hydrogen-bond acceptors (Lipinski definition) is 2. The van der Waals surface area contributed by atoms with E-state index in [-0.39, 0.29) is 12.0 Å². The fraction of sp³-hybridized carbons (Fsp3) is 0.167. The molecular formula is C12H10F2O2. The first-order valence-electron chi connectivity index (χ1n) is 4.82. The third-order valence-electron chi connectivity index (χ3n) is 2.30. The maximum atomic E-state index is 13.3. The molecule has 2 rings (SSSR count). The standard InChI is InChI=1S/C12H10F2O2/c13-9-4-3-8(10(14)7-9)6-11(15)12-2-1-5-16-12/h1-5,7,11,15H,6H2. The SMILES string of the molecule is OC(Cc1ccc(F)cc1F)c1ccco1. The molecule has 84 valence electrons. The van der Waals surface area contributed by atoms with Crippen LogP contribution >= 0.6 is 0 Å². The Kier molecular flexibility index (Phi) is 3.01. The number of furan rings is 1. The van der Waals surface area contributed by atoms with Gasteiger partial charge in [-0.3, -0.25) is 0 Å². The van der Waals surface area contributed by atoms with E-state index < -0.39 is 17.7 Å². The van der Waals surface area contributed by atoms with E-state index in [9.17, 15) is 13.9 Å². The highest BCUT2D eigenvalue weighted by atomic mass is 19.1. The van der Waals surface area contributed by atoms with Gasteiger partial charge in [-0.25, -0.2) is 8.78 Å². The molecule has 4 heteroatoms. The van der Waals surface area contributed by atoms with Gasteiger partial charge in [-0.1, -0.05) is 6.07 Å². The van der Waals surface area contributed by atoms with Gasteiger partial charge in [-0.2, -0.15) is 0 Å². The van der Waals surface area contributed by atoms with Crippen LogP contribution in [-0.2, 0) is 6.42 Å². The molecule has 0 fully saturated rings. The zero-order valence-electron chi connectivity index (χ0n) is 8.36. The van der Waals surface area contributed by atoms with Crippen LogP contribution in [0.4, 0.5) is 8.78 Å². The van der Waals surface area contributed by atoms with E-state index >= 15 is 0 Å². The Hall–Kier alpha value is -1.68. The zero-order chi connectivity index (χ0) is 11.5. The van der Waals surface area contributed by atoms with Crippen molar-refractivity contribution in [3.63, 3.8) is 0 Å². The summed E-state index contributed by atoms with van der Waals surface area (Å²) in [5.41, 5.74) is 0.255. The van der Waals surface area contributed by atoms with Gasteiger partial charge in [0.05, 0.1) is 6.26 Å². The summed E-state index contributed by atoms with van der Waals surface area (Å²) in [6, 6.07) is 6.51. The van der Waals surface area contributed by atoms with Gasteiger partial charge in [-0.15, -0.1) is 0 Å². The monoisotopic (exact) mass is 224 g/mol. The third-order valence-corrected chi connectivity index (χ3v) is 2.30. The van der Waals surface area contributed by atoms with E-state index in [1.54, 1.807) is 12.1 Å². The number of rotatable bonds is 3. The molecule has 0 amide bonds. The van der Waals surface area contributed by atoms with Crippen LogP contribution in [0.2, 0.25) is 0 Å². The highest BCUT2D eigenvalue weighted by Gasteiger charge is 2.14. The molecule has 1 aromatic carbocycles. The number of hydrogen-bond donors (Lipinski definition) is 1. The van der Waals surface area contributed by atoms with E-state index in [2.05, 4.69) is 0 Å². The van der Waals surface area contributed by atoms with Crippen LogP contribution in [0, 0.1) is 11.6 Å². The molecule has 0 saturated heterocycles. The lowest BCUT2D eigenvalue weighted by molar-refractivity contribution is 0.149. The Labute approximate surface area is 91.1 Å². The number of benzene rings is 1. The largest absolute Gasteiger partial charge is 0.467 e. The summed E-state index contributed by atoms with van der Waals surface area (Å²) in [5.74, 6) is -0.928. The molecule has 2 aromatic rings. The van der Waals surface area contributed by atoms with Crippen LogP contribution in [0.25, 0.3) is 0 Å². The van der Waals surface area contributed by atoms with Gasteiger partial charge in [0.2, 0.25) is 0 Å². The van der Waals surface area contributed by atoms with E-state index in [1.807, 2.05) is 0 Å². The predicted molar refractivity (Wildman–Crippen MR) is 53.7 cm³/mol. The first-order valence-corrected chi connectivity index (χ1v) is 4.82. The maximum Gasteiger partial charge on any atom is 0.132 e. The van der Waals surface area contributed by atoms with Crippen LogP contribution in [0.5, 0.6) is 0 Å². The topological polar surface area (TPSA) is 33.4 Å². The van der Waals surface area contributed by atoms with Crippen LogP contribution in [0.1, 0.15) is 17.4 Å². The van der Waals surface area contributed by atoms with Crippen molar-refractivity contribution in [1.82, 2.24) is 0 Å². The predicted octanol–water partition coefficient (Wildman–Crippen LogP) is 2.83. The lowest BCUT2D eigenvalue weighted by Gasteiger charge is -2.08. The molecule has 0 aliphatic rings. The highest BCUT2D eigenvalue weighted by molar-refractivity contribution is 5.20. The minimum Gasteiger partial charge on any atom is -0.467 e. The molecule has 0 spiro atoms. The number of halogens is 2. The molecule has 1 unspecified atom stereocenters. The first-order chi connectivity index (χ1) is 7.66. The Bertz CT molecular complexity index is 466. The van der Waals surface area contributed by atoms with Crippen molar-refractivity contribution in [2.75, 3.05) is 0 Å². The van der Waals surface area contributed by atoms with Crippen molar-refractivity contribution >= 4 is 0 Å². The van der Waals surface area contributed by atoms with E-state index in [1.165, 1.54) is 12.3 Å². The minimum atomic E-state index is -0.921. The van der Waals surface area contributed by atoms with E-state index in [4.69, 9.17) is 4.42 Å². The van der Waals surface area contributed by atoms with Crippen LogP contribution in [-0.4, -0.2) is 5.11 Å². The summed E-state index contributed by atoms with van der Waals surface area (Å²) in [6.45, 7) is 0. The molecule has 1 atom stereocenters. The van der Waals surface area contributed by atoms with Crippen molar-refractivity contribution < 1.29 is 18.3 Å². The summed E-state index contributed by atoms with van der Waals surface area (Å²) in [5, 5.41) is 9.70. The maximum absolute atomic E-state index is 13.3. The van der Waals surface area contributed by atoms with Crippen molar-refractivity contribution in [3.8, 4) is 0 Å². The minimum absolute atomic E-state index is 0.0552. The quantitative estimate of drug-likeness (QED) is 0.869. The second kappa shape index (κ2) is 4.45. The normalized spacial score (nSPS) is 12.7.